The molecule has 20 heavy (non-hydrogen) atoms. The summed E-state index contributed by atoms with van der Waals surface area (Å²) < 4.78 is 25.0. The minimum atomic E-state index is -3.13. The van der Waals surface area contributed by atoms with Gasteiger partial charge in [-0.05, 0) is 12.5 Å². The summed E-state index contributed by atoms with van der Waals surface area (Å²) in [6, 6.07) is 9.59. The normalized spacial score (nSPS) is 17.1. The monoisotopic (exact) mass is 296 g/mol. The van der Waals surface area contributed by atoms with Gasteiger partial charge in [0.25, 0.3) is 0 Å². The van der Waals surface area contributed by atoms with Crippen LogP contribution in [0.3, 0.4) is 0 Å². The van der Waals surface area contributed by atoms with Crippen LogP contribution in [0.1, 0.15) is 12.5 Å². The fraction of sp³-hybridized carbons (Fsp3) is 0.500. The molecule has 0 bridgehead atoms. The van der Waals surface area contributed by atoms with Crippen molar-refractivity contribution in [3.05, 3.63) is 35.9 Å². The maximum atomic E-state index is 12.2. The second-order valence-electron chi connectivity index (χ2n) is 4.84. The molecule has 1 saturated heterocycles. The number of hydrogen-bond donors (Lipinski definition) is 0. The maximum absolute atomic E-state index is 12.2. The summed E-state index contributed by atoms with van der Waals surface area (Å²) in [7, 11) is -3.13. The van der Waals surface area contributed by atoms with Gasteiger partial charge in [0.2, 0.25) is 15.9 Å². The van der Waals surface area contributed by atoms with Crippen molar-refractivity contribution in [3.63, 3.8) is 0 Å². The minimum absolute atomic E-state index is 0.0600. The van der Waals surface area contributed by atoms with E-state index in [0.717, 1.165) is 5.56 Å². The molecule has 0 N–H and O–H groups in total. The predicted molar refractivity (Wildman–Crippen MR) is 77.8 cm³/mol. The Kier molecular flexibility index (Phi) is 4.77. The Balaban J connectivity index is 1.89. The van der Waals surface area contributed by atoms with Crippen molar-refractivity contribution < 1.29 is 13.2 Å². The number of benzene rings is 1. The Morgan fingerprint density at radius 1 is 1.10 bits per heavy atom. The molecule has 1 fully saturated rings. The van der Waals surface area contributed by atoms with Crippen LogP contribution in [0, 0.1) is 0 Å². The molecule has 0 spiro atoms. The van der Waals surface area contributed by atoms with Gasteiger partial charge in [-0.3, -0.25) is 4.79 Å². The van der Waals surface area contributed by atoms with Crippen molar-refractivity contribution in [3.8, 4) is 0 Å². The highest BCUT2D eigenvalue weighted by molar-refractivity contribution is 7.89. The molecule has 6 heteroatoms. The summed E-state index contributed by atoms with van der Waals surface area (Å²) in [5.41, 5.74) is 0.987. The summed E-state index contributed by atoms with van der Waals surface area (Å²) in [4.78, 5) is 13.9. The van der Waals surface area contributed by atoms with Gasteiger partial charge in [-0.25, -0.2) is 8.42 Å². The predicted octanol–water partition coefficient (Wildman–Crippen LogP) is 0.723. The van der Waals surface area contributed by atoms with Gasteiger partial charge < -0.3 is 4.90 Å². The third kappa shape index (κ3) is 3.58. The van der Waals surface area contributed by atoms with E-state index in [-0.39, 0.29) is 11.7 Å². The SMILES string of the molecule is CCS(=O)(=O)N1CCN(C(=O)Cc2ccccc2)CC1. The fourth-order valence-electron chi connectivity index (χ4n) is 2.28. The zero-order valence-electron chi connectivity index (χ0n) is 11.7. The Labute approximate surface area is 120 Å². The van der Waals surface area contributed by atoms with Crippen LogP contribution < -0.4 is 0 Å². The van der Waals surface area contributed by atoms with E-state index >= 15 is 0 Å². The summed E-state index contributed by atoms with van der Waals surface area (Å²) in [6.07, 6.45) is 0.376. The number of amides is 1. The second-order valence-corrected chi connectivity index (χ2v) is 7.10. The molecular formula is C14H20N2O3S. The lowest BCUT2D eigenvalue weighted by molar-refractivity contribution is -0.131. The first kappa shape index (κ1) is 15.0. The maximum Gasteiger partial charge on any atom is 0.227 e. The van der Waals surface area contributed by atoms with Crippen LogP contribution in [0.5, 0.6) is 0 Å². The fourth-order valence-corrected chi connectivity index (χ4v) is 3.37. The first-order valence-corrected chi connectivity index (χ1v) is 8.43. The van der Waals surface area contributed by atoms with Crippen LogP contribution in [-0.4, -0.2) is 55.5 Å². The molecule has 1 amide bonds. The Morgan fingerprint density at radius 3 is 2.25 bits per heavy atom. The quantitative estimate of drug-likeness (QED) is 0.823. The lowest BCUT2D eigenvalue weighted by atomic mass is 10.1. The van der Waals surface area contributed by atoms with E-state index in [4.69, 9.17) is 0 Å². The zero-order chi connectivity index (χ0) is 14.6. The molecule has 2 rings (SSSR count). The van der Waals surface area contributed by atoms with E-state index in [9.17, 15) is 13.2 Å². The molecule has 0 aromatic heterocycles. The van der Waals surface area contributed by atoms with Crippen molar-refractivity contribution in [2.75, 3.05) is 31.9 Å². The molecule has 1 aliphatic rings. The number of hydrogen-bond acceptors (Lipinski definition) is 3. The number of sulfonamides is 1. The summed E-state index contributed by atoms with van der Waals surface area (Å²) in [6.45, 7) is 3.39. The van der Waals surface area contributed by atoms with Crippen LogP contribution in [0.25, 0.3) is 0 Å². The highest BCUT2D eigenvalue weighted by atomic mass is 32.2. The number of nitrogens with zero attached hydrogens (tertiary/aromatic N) is 2. The van der Waals surface area contributed by atoms with E-state index in [2.05, 4.69) is 0 Å². The van der Waals surface area contributed by atoms with Gasteiger partial charge in [0, 0.05) is 26.2 Å². The third-order valence-corrected chi connectivity index (χ3v) is 5.43. The van der Waals surface area contributed by atoms with Crippen LogP contribution in [0.15, 0.2) is 30.3 Å². The van der Waals surface area contributed by atoms with Crippen LogP contribution in [0.2, 0.25) is 0 Å². The number of carbonyl (C=O) groups excluding carboxylic acids is 1. The zero-order valence-corrected chi connectivity index (χ0v) is 12.5. The topological polar surface area (TPSA) is 57.7 Å². The van der Waals surface area contributed by atoms with Crippen LogP contribution >= 0.6 is 0 Å². The second kappa shape index (κ2) is 6.37. The van der Waals surface area contributed by atoms with E-state index < -0.39 is 10.0 Å². The molecule has 0 radical (unpaired) electrons. The third-order valence-electron chi connectivity index (χ3n) is 3.55. The van der Waals surface area contributed by atoms with Gasteiger partial charge in [0.15, 0.2) is 0 Å². The van der Waals surface area contributed by atoms with Crippen LogP contribution in [0.4, 0.5) is 0 Å². The van der Waals surface area contributed by atoms with Gasteiger partial charge in [0.05, 0.1) is 12.2 Å². The van der Waals surface area contributed by atoms with Crippen molar-refractivity contribution in [1.29, 1.82) is 0 Å². The molecule has 0 unspecified atom stereocenters. The lowest BCUT2D eigenvalue weighted by Crippen LogP contribution is -2.51. The van der Waals surface area contributed by atoms with E-state index in [1.54, 1.807) is 11.8 Å². The van der Waals surface area contributed by atoms with Gasteiger partial charge >= 0.3 is 0 Å². The number of piperazine rings is 1. The molecular weight excluding hydrogens is 276 g/mol. The highest BCUT2D eigenvalue weighted by Gasteiger charge is 2.27. The average Bonchev–Trinajstić information content (AvgIpc) is 2.48. The van der Waals surface area contributed by atoms with Crippen molar-refractivity contribution >= 4 is 15.9 Å². The minimum Gasteiger partial charge on any atom is -0.340 e. The van der Waals surface area contributed by atoms with Crippen LogP contribution in [-0.2, 0) is 21.2 Å². The van der Waals surface area contributed by atoms with Crippen molar-refractivity contribution in [1.82, 2.24) is 9.21 Å². The molecule has 0 saturated carbocycles. The molecule has 1 heterocycles. The summed E-state index contributed by atoms with van der Waals surface area (Å²) in [5.74, 6) is 0.176. The molecule has 5 nitrogen and oxygen atoms in total. The lowest BCUT2D eigenvalue weighted by Gasteiger charge is -2.33. The first-order chi connectivity index (χ1) is 9.53. The first-order valence-electron chi connectivity index (χ1n) is 6.82. The van der Waals surface area contributed by atoms with E-state index in [1.807, 2.05) is 30.3 Å². The summed E-state index contributed by atoms with van der Waals surface area (Å²) >= 11 is 0. The average molecular weight is 296 g/mol. The Morgan fingerprint density at radius 2 is 1.70 bits per heavy atom. The Bertz CT molecular complexity index is 549. The van der Waals surface area contributed by atoms with Gasteiger partial charge in [0.1, 0.15) is 0 Å². The van der Waals surface area contributed by atoms with E-state index in [0.29, 0.717) is 32.6 Å². The smallest absolute Gasteiger partial charge is 0.227 e. The van der Waals surface area contributed by atoms with Crippen molar-refractivity contribution in [2.24, 2.45) is 0 Å². The number of carbonyl (C=O) groups is 1. The highest BCUT2D eigenvalue weighted by Crippen LogP contribution is 2.10. The molecule has 0 atom stereocenters. The largest absolute Gasteiger partial charge is 0.340 e. The van der Waals surface area contributed by atoms with Gasteiger partial charge in [-0.2, -0.15) is 4.31 Å². The molecule has 1 aliphatic heterocycles. The molecule has 1 aromatic rings. The molecule has 1 aromatic carbocycles. The molecule has 0 aliphatic carbocycles. The molecule has 110 valence electrons. The number of rotatable bonds is 4. The van der Waals surface area contributed by atoms with Gasteiger partial charge in [-0.15, -0.1) is 0 Å². The Hall–Kier alpha value is -1.40. The standard InChI is InChI=1S/C14H20N2O3S/c1-2-20(18,19)16-10-8-15(9-11-16)14(17)12-13-6-4-3-5-7-13/h3-7H,2,8-12H2,1H3. The van der Waals surface area contributed by atoms with E-state index in [1.165, 1.54) is 4.31 Å². The van der Waals surface area contributed by atoms with Gasteiger partial charge in [-0.1, -0.05) is 30.3 Å². The van der Waals surface area contributed by atoms with Crippen molar-refractivity contribution in [2.45, 2.75) is 13.3 Å². The summed E-state index contributed by atoms with van der Waals surface area (Å²) in [5, 5.41) is 0.